The minimum atomic E-state index is 0.233. The Balaban J connectivity index is 1.80. The third kappa shape index (κ3) is 2.85. The first-order valence-corrected chi connectivity index (χ1v) is 6.40. The van der Waals surface area contributed by atoms with Crippen molar-refractivity contribution in [3.05, 3.63) is 12.2 Å². The molecule has 0 aromatic rings. The molecule has 0 aromatic heterocycles. The Morgan fingerprint density at radius 1 is 1.44 bits per heavy atom. The highest BCUT2D eigenvalue weighted by Crippen LogP contribution is 2.20. The van der Waals surface area contributed by atoms with Crippen LogP contribution in [0.15, 0.2) is 12.2 Å². The first kappa shape index (κ1) is 11.6. The highest BCUT2D eigenvalue weighted by Gasteiger charge is 2.24. The minimum Gasteiger partial charge on any atom is -0.344 e. The maximum atomic E-state index is 12.2. The Labute approximate surface area is 97.9 Å². The third-order valence-electron chi connectivity index (χ3n) is 3.65. The van der Waals surface area contributed by atoms with Crippen molar-refractivity contribution in [3.8, 4) is 0 Å². The van der Waals surface area contributed by atoms with Crippen molar-refractivity contribution in [2.75, 3.05) is 20.1 Å². The lowest BCUT2D eigenvalue weighted by Gasteiger charge is -2.26. The van der Waals surface area contributed by atoms with Crippen LogP contribution < -0.4 is 5.32 Å². The summed E-state index contributed by atoms with van der Waals surface area (Å²) in [6, 6.07) is 0.521. The van der Waals surface area contributed by atoms with Crippen molar-refractivity contribution in [1.82, 2.24) is 10.2 Å². The van der Waals surface area contributed by atoms with Crippen LogP contribution in [0.25, 0.3) is 0 Å². The van der Waals surface area contributed by atoms with Gasteiger partial charge in [0.2, 0.25) is 5.91 Å². The summed E-state index contributed by atoms with van der Waals surface area (Å²) < 4.78 is 0. The van der Waals surface area contributed by atoms with E-state index in [1.54, 1.807) is 0 Å². The van der Waals surface area contributed by atoms with Gasteiger partial charge in [-0.3, -0.25) is 4.79 Å². The van der Waals surface area contributed by atoms with E-state index in [9.17, 15) is 4.79 Å². The molecule has 1 aliphatic carbocycles. The summed E-state index contributed by atoms with van der Waals surface area (Å²) in [5.74, 6) is 0.564. The zero-order valence-corrected chi connectivity index (χ0v) is 10.1. The van der Waals surface area contributed by atoms with Gasteiger partial charge in [-0.05, 0) is 38.6 Å². The van der Waals surface area contributed by atoms with Gasteiger partial charge in [0.15, 0.2) is 0 Å². The molecule has 2 atom stereocenters. The van der Waals surface area contributed by atoms with Gasteiger partial charge in [-0.2, -0.15) is 0 Å². The molecule has 1 heterocycles. The first-order chi connectivity index (χ1) is 7.77. The molecule has 2 rings (SSSR count). The van der Waals surface area contributed by atoms with Crippen molar-refractivity contribution >= 4 is 5.91 Å². The predicted octanol–water partition coefficient (Wildman–Crippen LogP) is 1.55. The Morgan fingerprint density at radius 3 is 2.94 bits per heavy atom. The lowest BCUT2D eigenvalue weighted by Crippen LogP contribution is -2.41. The SMILES string of the molecule is CN(CC1CCCN1)C(=O)C1CC=CCC1. The van der Waals surface area contributed by atoms with Crippen molar-refractivity contribution in [2.24, 2.45) is 5.92 Å². The molecule has 0 saturated carbocycles. The lowest BCUT2D eigenvalue weighted by molar-refractivity contribution is -0.134. The number of carbonyl (C=O) groups excluding carboxylic acids is 1. The van der Waals surface area contributed by atoms with E-state index < -0.39 is 0 Å². The van der Waals surface area contributed by atoms with E-state index >= 15 is 0 Å². The quantitative estimate of drug-likeness (QED) is 0.735. The van der Waals surface area contributed by atoms with Gasteiger partial charge in [0.25, 0.3) is 0 Å². The third-order valence-corrected chi connectivity index (χ3v) is 3.65. The summed E-state index contributed by atoms with van der Waals surface area (Å²) in [5.41, 5.74) is 0. The maximum Gasteiger partial charge on any atom is 0.225 e. The molecule has 16 heavy (non-hydrogen) atoms. The summed E-state index contributed by atoms with van der Waals surface area (Å²) in [6.07, 6.45) is 9.81. The molecule has 3 heteroatoms. The van der Waals surface area contributed by atoms with Gasteiger partial charge in [0.1, 0.15) is 0 Å². The van der Waals surface area contributed by atoms with Crippen LogP contribution in [0.4, 0.5) is 0 Å². The number of nitrogens with one attached hydrogen (secondary N) is 1. The van der Waals surface area contributed by atoms with Crippen molar-refractivity contribution in [2.45, 2.75) is 38.1 Å². The van der Waals surface area contributed by atoms with Crippen LogP contribution in [0.5, 0.6) is 0 Å². The van der Waals surface area contributed by atoms with E-state index in [1.165, 1.54) is 12.8 Å². The van der Waals surface area contributed by atoms with Crippen LogP contribution in [0.3, 0.4) is 0 Å². The molecule has 1 N–H and O–H groups in total. The van der Waals surface area contributed by atoms with Gasteiger partial charge < -0.3 is 10.2 Å². The highest BCUT2D eigenvalue weighted by atomic mass is 16.2. The van der Waals surface area contributed by atoms with Gasteiger partial charge in [-0.15, -0.1) is 0 Å². The number of likely N-dealkylation sites (N-methyl/N-ethyl adjacent to an activating group) is 1. The van der Waals surface area contributed by atoms with Crippen LogP contribution in [-0.4, -0.2) is 37.0 Å². The summed E-state index contributed by atoms with van der Waals surface area (Å²) in [4.78, 5) is 14.1. The first-order valence-electron chi connectivity index (χ1n) is 6.40. The Hall–Kier alpha value is -0.830. The molecule has 0 bridgehead atoms. The van der Waals surface area contributed by atoms with Gasteiger partial charge in [0, 0.05) is 25.6 Å². The second kappa shape index (κ2) is 5.48. The van der Waals surface area contributed by atoms with E-state index in [0.29, 0.717) is 11.9 Å². The van der Waals surface area contributed by atoms with Gasteiger partial charge >= 0.3 is 0 Å². The fraction of sp³-hybridized carbons (Fsp3) is 0.769. The van der Waals surface area contributed by atoms with Crippen LogP contribution in [0.1, 0.15) is 32.1 Å². The van der Waals surface area contributed by atoms with Crippen LogP contribution >= 0.6 is 0 Å². The van der Waals surface area contributed by atoms with Crippen molar-refractivity contribution < 1.29 is 4.79 Å². The minimum absolute atomic E-state index is 0.233. The normalized spacial score (nSPS) is 29.3. The smallest absolute Gasteiger partial charge is 0.225 e. The fourth-order valence-corrected chi connectivity index (χ4v) is 2.66. The van der Waals surface area contributed by atoms with Crippen LogP contribution in [0.2, 0.25) is 0 Å². The molecule has 1 aliphatic heterocycles. The molecule has 2 aliphatic rings. The fourth-order valence-electron chi connectivity index (χ4n) is 2.66. The summed E-state index contributed by atoms with van der Waals surface area (Å²) in [6.45, 7) is 1.98. The molecule has 0 spiro atoms. The standard InChI is InChI=1S/C13H22N2O/c1-15(10-12-8-5-9-14-12)13(16)11-6-3-2-4-7-11/h2-3,11-12,14H,4-10H2,1H3. The van der Waals surface area contributed by atoms with Gasteiger partial charge in [-0.1, -0.05) is 12.2 Å². The average molecular weight is 222 g/mol. The monoisotopic (exact) mass is 222 g/mol. The predicted molar refractivity (Wildman–Crippen MR) is 65.1 cm³/mol. The molecule has 2 unspecified atom stereocenters. The summed E-state index contributed by atoms with van der Waals surface area (Å²) in [7, 11) is 1.95. The number of carbonyl (C=O) groups is 1. The van der Waals surface area contributed by atoms with Gasteiger partial charge in [-0.25, -0.2) is 0 Å². The number of hydrogen-bond donors (Lipinski definition) is 1. The lowest BCUT2D eigenvalue weighted by atomic mass is 9.93. The number of amides is 1. The van der Waals surface area contributed by atoms with E-state index in [0.717, 1.165) is 32.4 Å². The van der Waals surface area contributed by atoms with E-state index in [-0.39, 0.29) is 5.92 Å². The molecular weight excluding hydrogens is 200 g/mol. The molecule has 0 radical (unpaired) electrons. The molecular formula is C13H22N2O. The Kier molecular flexibility index (Phi) is 3.99. The summed E-state index contributed by atoms with van der Waals surface area (Å²) >= 11 is 0. The maximum absolute atomic E-state index is 12.2. The van der Waals surface area contributed by atoms with Gasteiger partial charge in [0.05, 0.1) is 0 Å². The molecule has 1 saturated heterocycles. The van der Waals surface area contributed by atoms with Crippen molar-refractivity contribution in [1.29, 1.82) is 0 Å². The van der Waals surface area contributed by atoms with E-state index in [4.69, 9.17) is 0 Å². The highest BCUT2D eigenvalue weighted by molar-refractivity contribution is 5.79. The van der Waals surface area contributed by atoms with E-state index in [1.807, 2.05) is 11.9 Å². The van der Waals surface area contributed by atoms with Crippen LogP contribution in [0, 0.1) is 5.92 Å². The average Bonchev–Trinajstić information content (AvgIpc) is 2.82. The topological polar surface area (TPSA) is 32.3 Å². The molecule has 1 amide bonds. The van der Waals surface area contributed by atoms with Crippen molar-refractivity contribution in [3.63, 3.8) is 0 Å². The molecule has 90 valence electrons. The van der Waals surface area contributed by atoms with Crippen LogP contribution in [-0.2, 0) is 4.79 Å². The Morgan fingerprint density at radius 2 is 2.31 bits per heavy atom. The van der Waals surface area contributed by atoms with E-state index in [2.05, 4.69) is 17.5 Å². The number of nitrogens with zero attached hydrogens (tertiary/aromatic N) is 1. The zero-order valence-electron chi connectivity index (χ0n) is 10.1. The number of allylic oxidation sites excluding steroid dienone is 2. The summed E-state index contributed by atoms with van der Waals surface area (Å²) in [5, 5.41) is 3.44. The Bertz CT molecular complexity index is 269. The number of rotatable bonds is 3. The largest absolute Gasteiger partial charge is 0.344 e. The molecule has 1 fully saturated rings. The molecule has 0 aromatic carbocycles. The zero-order chi connectivity index (χ0) is 11.4. The second-order valence-electron chi connectivity index (χ2n) is 4.99. The number of hydrogen-bond acceptors (Lipinski definition) is 2. The second-order valence-corrected chi connectivity index (χ2v) is 4.99. The molecule has 3 nitrogen and oxygen atoms in total.